The van der Waals surface area contributed by atoms with E-state index in [4.69, 9.17) is 25.7 Å². The lowest BCUT2D eigenvalue weighted by Crippen LogP contribution is -2.40. The second-order valence-electron chi connectivity index (χ2n) is 6.54. The van der Waals surface area contributed by atoms with Gasteiger partial charge in [-0.3, -0.25) is 4.79 Å². The molecule has 0 saturated heterocycles. The number of methoxy groups -OCH3 is 3. The van der Waals surface area contributed by atoms with E-state index in [0.29, 0.717) is 35.1 Å². The number of fused-ring (bicyclic) bond motifs is 1. The molecule has 2 heterocycles. The number of nitrogen functional groups attached to an aromatic ring is 2. The Morgan fingerprint density at radius 2 is 1.82 bits per heavy atom. The molecule has 1 amide bonds. The molecule has 0 aliphatic carbocycles. The molecule has 1 aromatic carbocycles. The summed E-state index contributed by atoms with van der Waals surface area (Å²) >= 11 is 0. The van der Waals surface area contributed by atoms with Crippen LogP contribution in [0.3, 0.4) is 0 Å². The van der Waals surface area contributed by atoms with Crippen LogP contribution in [0, 0.1) is 0 Å². The number of nitrogens with zero attached hydrogens (tertiary/aromatic N) is 3. The van der Waals surface area contributed by atoms with Gasteiger partial charge in [0, 0.05) is 6.04 Å². The first kappa shape index (κ1) is 19.5. The molecule has 9 nitrogen and oxygen atoms in total. The fourth-order valence-corrected chi connectivity index (χ4v) is 3.66. The predicted octanol–water partition coefficient (Wildman–Crippen LogP) is 1.58. The standard InChI is InChI=1S/C19H25N5O4/c1-26-14-8-11(9-15(27-2)17(14)28-3)4-5-12-6-7-13-16(24(12)10-25)18(20)23-19(21)22-13/h8-10,12H,4-7H2,1-3H3,(H4,20,21,22,23). The van der Waals surface area contributed by atoms with Crippen molar-refractivity contribution in [3.8, 4) is 17.2 Å². The number of amides is 1. The van der Waals surface area contributed by atoms with Crippen molar-refractivity contribution < 1.29 is 19.0 Å². The van der Waals surface area contributed by atoms with Crippen molar-refractivity contribution in [3.63, 3.8) is 0 Å². The van der Waals surface area contributed by atoms with E-state index in [1.54, 1.807) is 26.2 Å². The summed E-state index contributed by atoms with van der Waals surface area (Å²) in [7, 11) is 4.74. The van der Waals surface area contributed by atoms with Gasteiger partial charge in [0.15, 0.2) is 17.3 Å². The molecule has 1 unspecified atom stereocenters. The van der Waals surface area contributed by atoms with E-state index in [1.807, 2.05) is 12.1 Å². The minimum atomic E-state index is -0.0152. The Balaban J connectivity index is 1.82. The van der Waals surface area contributed by atoms with Crippen LogP contribution in [0.4, 0.5) is 17.5 Å². The normalized spacial score (nSPS) is 15.7. The van der Waals surface area contributed by atoms with E-state index in [9.17, 15) is 4.79 Å². The molecule has 1 aliphatic heterocycles. The summed E-state index contributed by atoms with van der Waals surface area (Å²) in [6.07, 6.45) is 3.70. The smallest absolute Gasteiger partial charge is 0.222 e. The van der Waals surface area contributed by atoms with Crippen LogP contribution in [0.15, 0.2) is 12.1 Å². The number of hydrogen-bond donors (Lipinski definition) is 2. The number of benzene rings is 1. The van der Waals surface area contributed by atoms with Crippen molar-refractivity contribution in [3.05, 3.63) is 23.4 Å². The van der Waals surface area contributed by atoms with Gasteiger partial charge in [-0.2, -0.15) is 4.98 Å². The number of anilines is 3. The molecule has 0 bridgehead atoms. The first-order valence-electron chi connectivity index (χ1n) is 8.96. The summed E-state index contributed by atoms with van der Waals surface area (Å²) in [5.41, 5.74) is 14.0. The van der Waals surface area contributed by atoms with Crippen molar-refractivity contribution in [1.82, 2.24) is 9.97 Å². The maximum Gasteiger partial charge on any atom is 0.222 e. The topological polar surface area (TPSA) is 126 Å². The molecule has 1 atom stereocenters. The maximum atomic E-state index is 11.8. The molecule has 1 aromatic heterocycles. The highest BCUT2D eigenvalue weighted by Gasteiger charge is 2.30. The summed E-state index contributed by atoms with van der Waals surface area (Å²) in [5, 5.41) is 0. The number of nitrogens with two attached hydrogens (primary N) is 2. The SMILES string of the molecule is COc1cc(CCC2CCc3nc(N)nc(N)c3N2C=O)cc(OC)c1OC. The van der Waals surface area contributed by atoms with E-state index < -0.39 is 0 Å². The lowest BCUT2D eigenvalue weighted by molar-refractivity contribution is -0.108. The minimum absolute atomic E-state index is 0.0152. The van der Waals surface area contributed by atoms with E-state index in [0.717, 1.165) is 31.2 Å². The van der Waals surface area contributed by atoms with Gasteiger partial charge in [0.1, 0.15) is 5.69 Å². The molecule has 0 radical (unpaired) electrons. The summed E-state index contributed by atoms with van der Waals surface area (Å²) in [6.45, 7) is 0. The molecular weight excluding hydrogens is 362 g/mol. The van der Waals surface area contributed by atoms with E-state index in [1.165, 1.54) is 0 Å². The van der Waals surface area contributed by atoms with Gasteiger partial charge in [0.2, 0.25) is 18.1 Å². The molecule has 28 heavy (non-hydrogen) atoms. The zero-order valence-electron chi connectivity index (χ0n) is 16.3. The minimum Gasteiger partial charge on any atom is -0.493 e. The second kappa shape index (κ2) is 8.20. The lowest BCUT2D eigenvalue weighted by Gasteiger charge is -2.34. The third kappa shape index (κ3) is 3.60. The number of hydrogen-bond acceptors (Lipinski definition) is 8. The molecule has 0 spiro atoms. The number of aromatic nitrogens is 2. The van der Waals surface area contributed by atoms with Gasteiger partial charge >= 0.3 is 0 Å². The van der Waals surface area contributed by atoms with Crippen molar-refractivity contribution in [2.45, 2.75) is 31.7 Å². The monoisotopic (exact) mass is 387 g/mol. The van der Waals surface area contributed by atoms with Gasteiger partial charge in [-0.05, 0) is 43.4 Å². The predicted molar refractivity (Wildman–Crippen MR) is 106 cm³/mol. The van der Waals surface area contributed by atoms with Gasteiger partial charge in [0.25, 0.3) is 0 Å². The average molecular weight is 387 g/mol. The molecule has 2 aromatic rings. The van der Waals surface area contributed by atoms with Crippen LogP contribution in [0.2, 0.25) is 0 Å². The Morgan fingerprint density at radius 1 is 1.14 bits per heavy atom. The highest BCUT2D eigenvalue weighted by molar-refractivity contribution is 5.84. The van der Waals surface area contributed by atoms with Gasteiger partial charge in [-0.15, -0.1) is 0 Å². The van der Waals surface area contributed by atoms with Crippen LogP contribution >= 0.6 is 0 Å². The Morgan fingerprint density at radius 3 is 2.39 bits per heavy atom. The van der Waals surface area contributed by atoms with Crippen molar-refractivity contribution in [2.75, 3.05) is 37.7 Å². The maximum absolute atomic E-state index is 11.8. The number of rotatable bonds is 7. The Hall–Kier alpha value is -3.23. The fraction of sp³-hybridized carbons (Fsp3) is 0.421. The van der Waals surface area contributed by atoms with E-state index in [2.05, 4.69) is 9.97 Å². The lowest BCUT2D eigenvalue weighted by atomic mass is 9.95. The Kier molecular flexibility index (Phi) is 5.72. The summed E-state index contributed by atoms with van der Waals surface area (Å²) in [4.78, 5) is 21.6. The summed E-state index contributed by atoms with van der Waals surface area (Å²) in [6, 6.07) is 3.82. The van der Waals surface area contributed by atoms with Crippen LogP contribution in [-0.2, 0) is 17.6 Å². The first-order chi connectivity index (χ1) is 13.5. The van der Waals surface area contributed by atoms with Crippen LogP contribution in [0.25, 0.3) is 0 Å². The van der Waals surface area contributed by atoms with Gasteiger partial charge < -0.3 is 30.6 Å². The molecule has 0 saturated carbocycles. The zero-order valence-corrected chi connectivity index (χ0v) is 16.3. The number of ether oxygens (including phenoxy) is 3. The van der Waals surface area contributed by atoms with Crippen LogP contribution < -0.4 is 30.6 Å². The van der Waals surface area contributed by atoms with Crippen LogP contribution in [0.5, 0.6) is 17.2 Å². The summed E-state index contributed by atoms with van der Waals surface area (Å²) < 4.78 is 16.2. The molecule has 150 valence electrons. The van der Waals surface area contributed by atoms with E-state index >= 15 is 0 Å². The molecule has 9 heteroatoms. The van der Waals surface area contributed by atoms with Gasteiger partial charge in [-0.1, -0.05) is 0 Å². The third-order valence-corrected chi connectivity index (χ3v) is 4.97. The summed E-state index contributed by atoms with van der Waals surface area (Å²) in [5.74, 6) is 2.11. The quantitative estimate of drug-likeness (QED) is 0.686. The van der Waals surface area contributed by atoms with Crippen molar-refractivity contribution >= 4 is 23.9 Å². The molecule has 3 rings (SSSR count). The number of carbonyl (C=O) groups is 1. The van der Waals surface area contributed by atoms with Crippen molar-refractivity contribution in [2.24, 2.45) is 0 Å². The number of carbonyl (C=O) groups excluding carboxylic acids is 1. The first-order valence-corrected chi connectivity index (χ1v) is 8.96. The number of aryl methyl sites for hydroxylation is 2. The van der Waals surface area contributed by atoms with Crippen LogP contribution in [-0.4, -0.2) is 43.7 Å². The zero-order chi connectivity index (χ0) is 20.3. The molecule has 0 fully saturated rings. The van der Waals surface area contributed by atoms with Crippen molar-refractivity contribution in [1.29, 1.82) is 0 Å². The molecule has 1 aliphatic rings. The highest BCUT2D eigenvalue weighted by atomic mass is 16.5. The largest absolute Gasteiger partial charge is 0.493 e. The molecular formula is C19H25N5O4. The van der Waals surface area contributed by atoms with E-state index in [-0.39, 0.29) is 17.8 Å². The Labute approximate surface area is 163 Å². The van der Waals surface area contributed by atoms with Gasteiger partial charge in [0.05, 0.1) is 27.0 Å². The molecule has 4 N–H and O–H groups in total. The third-order valence-electron chi connectivity index (χ3n) is 4.97. The fourth-order valence-electron chi connectivity index (χ4n) is 3.66. The average Bonchev–Trinajstić information content (AvgIpc) is 2.70. The second-order valence-corrected chi connectivity index (χ2v) is 6.54. The van der Waals surface area contributed by atoms with Gasteiger partial charge in [-0.25, -0.2) is 4.98 Å². The Bertz CT molecular complexity index is 849. The van der Waals surface area contributed by atoms with Crippen LogP contribution in [0.1, 0.15) is 24.1 Å². The highest BCUT2D eigenvalue weighted by Crippen LogP contribution is 2.39.